The van der Waals surface area contributed by atoms with Gasteiger partial charge in [0.1, 0.15) is 4.21 Å². The first kappa shape index (κ1) is 16.2. The number of nitrogens with zero attached hydrogens (tertiary/aromatic N) is 3. The van der Waals surface area contributed by atoms with Gasteiger partial charge in [-0.05, 0) is 49.9 Å². The first-order valence-electron chi connectivity index (χ1n) is 7.62. The molecule has 6 nitrogen and oxygen atoms in total. The molecule has 0 aliphatic carbocycles. The molecule has 1 saturated heterocycles. The first-order valence-corrected chi connectivity index (χ1v) is 9.92. The normalized spacial score (nSPS) is 18.9. The van der Waals surface area contributed by atoms with Gasteiger partial charge in [0.15, 0.2) is 11.6 Å². The van der Waals surface area contributed by atoms with E-state index in [4.69, 9.17) is 0 Å². The lowest BCUT2D eigenvalue weighted by atomic mass is 10.0. The minimum atomic E-state index is -3.59. The number of anilines is 2. The molecule has 1 fully saturated rings. The lowest BCUT2D eigenvalue weighted by Gasteiger charge is -2.31. The van der Waals surface area contributed by atoms with E-state index in [9.17, 15) is 8.42 Å². The lowest BCUT2D eigenvalue weighted by Crippen LogP contribution is -2.34. The first-order chi connectivity index (χ1) is 10.9. The van der Waals surface area contributed by atoms with Crippen LogP contribution in [-0.2, 0) is 10.0 Å². The van der Waals surface area contributed by atoms with Crippen molar-refractivity contribution < 1.29 is 8.42 Å². The molecule has 8 heteroatoms. The van der Waals surface area contributed by atoms with Crippen molar-refractivity contribution in [1.29, 1.82) is 0 Å². The van der Waals surface area contributed by atoms with Crippen molar-refractivity contribution in [3.63, 3.8) is 0 Å². The summed E-state index contributed by atoms with van der Waals surface area (Å²) >= 11 is 1.23. The van der Waals surface area contributed by atoms with Crippen LogP contribution in [0.4, 0.5) is 11.6 Å². The average Bonchev–Trinajstić information content (AvgIpc) is 2.95. The van der Waals surface area contributed by atoms with Crippen LogP contribution in [0.25, 0.3) is 0 Å². The molecule has 3 rings (SSSR count). The standard InChI is InChI=1S/C15H20N4O2S2/c1-11-4-3-9-19(10-11)14-7-6-13(16-17-14)18-23(20,21)15-8-5-12(2)22-15/h5-8,11H,3-4,9-10H2,1-2H3,(H,16,18). The molecule has 0 saturated carbocycles. The topological polar surface area (TPSA) is 75.2 Å². The summed E-state index contributed by atoms with van der Waals surface area (Å²) in [5.41, 5.74) is 0. The molecule has 1 N–H and O–H groups in total. The maximum Gasteiger partial charge on any atom is 0.272 e. The van der Waals surface area contributed by atoms with Crippen molar-refractivity contribution in [3.05, 3.63) is 29.1 Å². The van der Waals surface area contributed by atoms with E-state index < -0.39 is 10.0 Å². The zero-order valence-electron chi connectivity index (χ0n) is 13.2. The minimum absolute atomic E-state index is 0.241. The van der Waals surface area contributed by atoms with E-state index in [0.717, 1.165) is 30.2 Å². The number of aromatic nitrogens is 2. The predicted octanol–water partition coefficient (Wildman–Crippen LogP) is 2.88. The number of aryl methyl sites for hydroxylation is 1. The summed E-state index contributed by atoms with van der Waals surface area (Å²) in [6.45, 7) is 6.04. The molecule has 0 aromatic carbocycles. The fourth-order valence-electron chi connectivity index (χ4n) is 2.69. The SMILES string of the molecule is Cc1ccc(S(=O)(=O)Nc2ccc(N3CCCC(C)C3)nn2)s1. The van der Waals surface area contributed by atoms with Crippen molar-refractivity contribution in [1.82, 2.24) is 10.2 Å². The second kappa shape index (κ2) is 6.45. The van der Waals surface area contributed by atoms with Crippen LogP contribution in [0, 0.1) is 12.8 Å². The van der Waals surface area contributed by atoms with E-state index in [-0.39, 0.29) is 10.0 Å². The molecule has 2 aromatic rings. The molecule has 1 atom stereocenters. The highest BCUT2D eigenvalue weighted by atomic mass is 32.2. The predicted molar refractivity (Wildman–Crippen MR) is 92.5 cm³/mol. The molecule has 124 valence electrons. The summed E-state index contributed by atoms with van der Waals surface area (Å²) in [5, 5.41) is 8.19. The van der Waals surface area contributed by atoms with Gasteiger partial charge in [-0.15, -0.1) is 21.5 Å². The highest BCUT2D eigenvalue weighted by Gasteiger charge is 2.19. The Labute approximate surface area is 140 Å². The fourth-order valence-corrected chi connectivity index (χ4v) is 4.97. The van der Waals surface area contributed by atoms with Gasteiger partial charge in [0.25, 0.3) is 10.0 Å². The molecular formula is C15H20N4O2S2. The van der Waals surface area contributed by atoms with E-state index in [2.05, 4.69) is 26.7 Å². The Bertz CT molecular complexity index is 771. The van der Waals surface area contributed by atoms with Gasteiger partial charge in [0, 0.05) is 18.0 Å². The number of hydrogen-bond acceptors (Lipinski definition) is 6. The molecule has 1 aliphatic heterocycles. The van der Waals surface area contributed by atoms with Crippen LogP contribution in [0.5, 0.6) is 0 Å². The Hall–Kier alpha value is -1.67. The summed E-state index contributed by atoms with van der Waals surface area (Å²) < 4.78 is 27.3. The Morgan fingerprint density at radius 3 is 2.70 bits per heavy atom. The second-order valence-electron chi connectivity index (χ2n) is 5.94. The van der Waals surface area contributed by atoms with E-state index >= 15 is 0 Å². The number of sulfonamides is 1. The zero-order chi connectivity index (χ0) is 16.4. The number of piperidine rings is 1. The van der Waals surface area contributed by atoms with Crippen LogP contribution in [0.15, 0.2) is 28.5 Å². The van der Waals surface area contributed by atoms with Crippen molar-refractivity contribution >= 4 is 33.0 Å². The van der Waals surface area contributed by atoms with Crippen LogP contribution < -0.4 is 9.62 Å². The molecule has 3 heterocycles. The summed E-state index contributed by atoms with van der Waals surface area (Å²) in [5.74, 6) is 1.68. The zero-order valence-corrected chi connectivity index (χ0v) is 14.8. The van der Waals surface area contributed by atoms with Crippen molar-refractivity contribution in [2.24, 2.45) is 5.92 Å². The third-order valence-electron chi connectivity index (χ3n) is 3.85. The van der Waals surface area contributed by atoms with Crippen LogP contribution in [0.3, 0.4) is 0 Å². The number of nitrogens with one attached hydrogen (secondary N) is 1. The van der Waals surface area contributed by atoms with Crippen LogP contribution >= 0.6 is 11.3 Å². The van der Waals surface area contributed by atoms with Gasteiger partial charge >= 0.3 is 0 Å². The third-order valence-corrected chi connectivity index (χ3v) is 6.70. The van der Waals surface area contributed by atoms with Gasteiger partial charge in [-0.2, -0.15) is 0 Å². The van der Waals surface area contributed by atoms with Gasteiger partial charge in [-0.25, -0.2) is 8.42 Å². The Balaban J connectivity index is 1.72. The molecule has 1 aliphatic rings. The molecule has 0 bridgehead atoms. The monoisotopic (exact) mass is 352 g/mol. The fraction of sp³-hybridized carbons (Fsp3) is 0.467. The van der Waals surface area contributed by atoms with Crippen LogP contribution in [-0.4, -0.2) is 31.7 Å². The van der Waals surface area contributed by atoms with Crippen LogP contribution in [0.1, 0.15) is 24.6 Å². The van der Waals surface area contributed by atoms with Gasteiger partial charge in [0.05, 0.1) is 0 Å². The highest BCUT2D eigenvalue weighted by Crippen LogP contribution is 2.24. The van der Waals surface area contributed by atoms with Gasteiger partial charge in [-0.3, -0.25) is 4.72 Å². The van der Waals surface area contributed by atoms with Crippen LogP contribution in [0.2, 0.25) is 0 Å². The van der Waals surface area contributed by atoms with Gasteiger partial charge in [0.2, 0.25) is 0 Å². The maximum absolute atomic E-state index is 12.3. The summed E-state index contributed by atoms with van der Waals surface area (Å²) in [7, 11) is -3.59. The van der Waals surface area contributed by atoms with Crippen molar-refractivity contribution in [2.45, 2.75) is 30.9 Å². The van der Waals surface area contributed by atoms with Gasteiger partial charge < -0.3 is 4.90 Å². The minimum Gasteiger partial charge on any atom is -0.355 e. The van der Waals surface area contributed by atoms with E-state index in [1.807, 2.05) is 13.0 Å². The summed E-state index contributed by atoms with van der Waals surface area (Å²) in [6.07, 6.45) is 2.39. The number of hydrogen-bond donors (Lipinski definition) is 1. The quantitative estimate of drug-likeness (QED) is 0.916. The van der Waals surface area contributed by atoms with Crippen molar-refractivity contribution in [2.75, 3.05) is 22.7 Å². The molecule has 0 spiro atoms. The second-order valence-corrected chi connectivity index (χ2v) is 9.14. The summed E-state index contributed by atoms with van der Waals surface area (Å²) in [4.78, 5) is 3.15. The Morgan fingerprint density at radius 2 is 2.09 bits per heavy atom. The largest absolute Gasteiger partial charge is 0.355 e. The van der Waals surface area contributed by atoms with E-state index in [1.165, 1.54) is 17.8 Å². The molecule has 23 heavy (non-hydrogen) atoms. The van der Waals surface area contributed by atoms with Crippen molar-refractivity contribution in [3.8, 4) is 0 Å². The molecular weight excluding hydrogens is 332 g/mol. The Morgan fingerprint density at radius 1 is 1.26 bits per heavy atom. The highest BCUT2D eigenvalue weighted by molar-refractivity contribution is 7.94. The maximum atomic E-state index is 12.3. The number of thiophene rings is 1. The molecule has 1 unspecified atom stereocenters. The average molecular weight is 352 g/mol. The molecule has 0 amide bonds. The molecule has 0 radical (unpaired) electrons. The summed E-state index contributed by atoms with van der Waals surface area (Å²) in [6, 6.07) is 6.87. The number of rotatable bonds is 4. The van der Waals surface area contributed by atoms with E-state index in [0.29, 0.717) is 5.92 Å². The third kappa shape index (κ3) is 3.81. The lowest BCUT2D eigenvalue weighted by molar-refractivity contribution is 0.444. The van der Waals surface area contributed by atoms with Gasteiger partial charge in [-0.1, -0.05) is 6.92 Å². The smallest absolute Gasteiger partial charge is 0.272 e. The van der Waals surface area contributed by atoms with E-state index in [1.54, 1.807) is 18.2 Å². The Kier molecular flexibility index (Phi) is 4.54. The molecule has 2 aromatic heterocycles.